The van der Waals surface area contributed by atoms with Gasteiger partial charge in [-0.15, -0.1) is 0 Å². The van der Waals surface area contributed by atoms with Gasteiger partial charge in [-0.1, -0.05) is 29.8 Å². The SMILES string of the molecule is O=C(Nc1ccc(Cl)c(-c2ccccn2)c1)c1ccc(CC2CNCCO2)cc1. The van der Waals surface area contributed by atoms with Crippen LogP contribution in [-0.4, -0.2) is 36.7 Å². The monoisotopic (exact) mass is 407 g/mol. The molecule has 1 atom stereocenters. The Bertz CT molecular complexity index is 971. The van der Waals surface area contributed by atoms with Gasteiger partial charge >= 0.3 is 0 Å². The fourth-order valence-corrected chi connectivity index (χ4v) is 3.54. The quantitative estimate of drug-likeness (QED) is 0.665. The van der Waals surface area contributed by atoms with Crippen molar-refractivity contribution >= 4 is 23.2 Å². The second-order valence-corrected chi connectivity index (χ2v) is 7.37. The molecule has 0 aliphatic carbocycles. The van der Waals surface area contributed by atoms with Crippen LogP contribution in [0.1, 0.15) is 15.9 Å². The minimum atomic E-state index is -0.165. The van der Waals surface area contributed by atoms with E-state index in [-0.39, 0.29) is 12.0 Å². The molecule has 1 fully saturated rings. The first-order valence-electron chi connectivity index (χ1n) is 9.62. The van der Waals surface area contributed by atoms with Crippen molar-refractivity contribution in [2.45, 2.75) is 12.5 Å². The molecule has 29 heavy (non-hydrogen) atoms. The molecular weight excluding hydrogens is 386 g/mol. The maximum absolute atomic E-state index is 12.7. The summed E-state index contributed by atoms with van der Waals surface area (Å²) >= 11 is 6.31. The van der Waals surface area contributed by atoms with Gasteiger partial charge in [0.05, 0.1) is 23.4 Å². The molecule has 1 aliphatic heterocycles. The van der Waals surface area contributed by atoms with Gasteiger partial charge in [-0.3, -0.25) is 9.78 Å². The fraction of sp³-hybridized carbons (Fsp3) is 0.217. The van der Waals surface area contributed by atoms with Crippen LogP contribution < -0.4 is 10.6 Å². The van der Waals surface area contributed by atoms with E-state index in [9.17, 15) is 4.79 Å². The number of halogens is 1. The molecule has 0 saturated carbocycles. The van der Waals surface area contributed by atoms with E-state index < -0.39 is 0 Å². The molecule has 148 valence electrons. The summed E-state index contributed by atoms with van der Waals surface area (Å²) in [6, 6.07) is 18.7. The van der Waals surface area contributed by atoms with Crippen LogP contribution >= 0.6 is 11.6 Å². The molecule has 5 nitrogen and oxygen atoms in total. The van der Waals surface area contributed by atoms with Crippen LogP contribution in [0.15, 0.2) is 66.9 Å². The molecule has 6 heteroatoms. The summed E-state index contributed by atoms with van der Waals surface area (Å²) in [6.45, 7) is 2.51. The molecule has 2 heterocycles. The van der Waals surface area contributed by atoms with Crippen molar-refractivity contribution in [1.82, 2.24) is 10.3 Å². The lowest BCUT2D eigenvalue weighted by atomic mass is 10.0. The van der Waals surface area contributed by atoms with E-state index in [0.717, 1.165) is 42.9 Å². The molecule has 1 aliphatic rings. The lowest BCUT2D eigenvalue weighted by Gasteiger charge is -2.23. The molecule has 0 spiro atoms. The average molecular weight is 408 g/mol. The molecule has 1 saturated heterocycles. The zero-order valence-electron chi connectivity index (χ0n) is 15.9. The Morgan fingerprint density at radius 2 is 2.03 bits per heavy atom. The number of rotatable bonds is 5. The van der Waals surface area contributed by atoms with Crippen LogP contribution in [0.25, 0.3) is 11.3 Å². The van der Waals surface area contributed by atoms with Crippen LogP contribution in [-0.2, 0) is 11.2 Å². The highest BCUT2D eigenvalue weighted by atomic mass is 35.5. The Morgan fingerprint density at radius 3 is 2.76 bits per heavy atom. The average Bonchev–Trinajstić information content (AvgIpc) is 2.77. The van der Waals surface area contributed by atoms with Crippen LogP contribution in [0, 0.1) is 0 Å². The predicted molar refractivity (Wildman–Crippen MR) is 115 cm³/mol. The molecule has 0 bridgehead atoms. The second kappa shape index (κ2) is 9.18. The van der Waals surface area contributed by atoms with Gasteiger partial charge in [-0.2, -0.15) is 0 Å². The van der Waals surface area contributed by atoms with Crippen molar-refractivity contribution in [2.75, 3.05) is 25.0 Å². The first-order chi connectivity index (χ1) is 14.2. The van der Waals surface area contributed by atoms with E-state index in [0.29, 0.717) is 16.3 Å². The number of amides is 1. The number of pyridine rings is 1. The summed E-state index contributed by atoms with van der Waals surface area (Å²) in [5.74, 6) is -0.165. The minimum absolute atomic E-state index is 0.165. The zero-order chi connectivity index (χ0) is 20.1. The highest BCUT2D eigenvalue weighted by molar-refractivity contribution is 6.33. The molecule has 1 amide bonds. The van der Waals surface area contributed by atoms with Crippen LogP contribution in [0.4, 0.5) is 5.69 Å². The van der Waals surface area contributed by atoms with Crippen molar-refractivity contribution < 1.29 is 9.53 Å². The maximum Gasteiger partial charge on any atom is 0.255 e. The van der Waals surface area contributed by atoms with Crippen LogP contribution in [0.2, 0.25) is 5.02 Å². The highest BCUT2D eigenvalue weighted by Crippen LogP contribution is 2.29. The Balaban J connectivity index is 1.44. The van der Waals surface area contributed by atoms with Gasteiger partial charge in [0.15, 0.2) is 0 Å². The van der Waals surface area contributed by atoms with E-state index >= 15 is 0 Å². The number of ether oxygens (including phenoxy) is 1. The number of benzene rings is 2. The van der Waals surface area contributed by atoms with Crippen molar-refractivity contribution in [1.29, 1.82) is 0 Å². The van der Waals surface area contributed by atoms with Crippen molar-refractivity contribution in [3.63, 3.8) is 0 Å². The summed E-state index contributed by atoms with van der Waals surface area (Å²) in [4.78, 5) is 17.0. The van der Waals surface area contributed by atoms with Gasteiger partial charge < -0.3 is 15.4 Å². The first kappa shape index (κ1) is 19.6. The third-order valence-electron chi connectivity index (χ3n) is 4.85. The molecule has 2 aromatic carbocycles. The Kier molecular flexibility index (Phi) is 6.20. The van der Waals surface area contributed by atoms with E-state index in [2.05, 4.69) is 15.6 Å². The van der Waals surface area contributed by atoms with Gasteiger partial charge in [0, 0.05) is 36.1 Å². The van der Waals surface area contributed by atoms with Crippen molar-refractivity contribution in [2.24, 2.45) is 0 Å². The standard InChI is InChI=1S/C23H22ClN3O2/c24-21-9-8-18(14-20(21)22-3-1-2-10-26-22)27-23(28)17-6-4-16(5-7-17)13-19-15-25-11-12-29-19/h1-10,14,19,25H,11-13,15H2,(H,27,28). The maximum atomic E-state index is 12.7. The summed E-state index contributed by atoms with van der Waals surface area (Å²) in [5, 5.41) is 6.85. The Labute approximate surface area is 175 Å². The Morgan fingerprint density at radius 1 is 1.17 bits per heavy atom. The number of carbonyl (C=O) groups is 1. The highest BCUT2D eigenvalue weighted by Gasteiger charge is 2.14. The van der Waals surface area contributed by atoms with Gasteiger partial charge in [-0.05, 0) is 54.4 Å². The van der Waals surface area contributed by atoms with Gasteiger partial charge in [-0.25, -0.2) is 0 Å². The topological polar surface area (TPSA) is 63.2 Å². The third kappa shape index (κ3) is 5.01. The van der Waals surface area contributed by atoms with E-state index in [1.54, 1.807) is 18.3 Å². The predicted octanol–water partition coefficient (Wildman–Crippen LogP) is 4.19. The number of hydrogen-bond acceptors (Lipinski definition) is 4. The molecule has 4 rings (SSSR count). The summed E-state index contributed by atoms with van der Waals surface area (Å²) in [6.07, 6.45) is 2.73. The van der Waals surface area contributed by atoms with Gasteiger partial charge in [0.25, 0.3) is 5.91 Å². The van der Waals surface area contributed by atoms with Crippen LogP contribution in [0.5, 0.6) is 0 Å². The van der Waals surface area contributed by atoms with E-state index in [1.807, 2.05) is 48.5 Å². The van der Waals surface area contributed by atoms with Crippen molar-refractivity contribution in [3.8, 4) is 11.3 Å². The lowest BCUT2D eigenvalue weighted by Crippen LogP contribution is -2.39. The molecular formula is C23H22ClN3O2. The molecule has 1 aromatic heterocycles. The molecule has 1 unspecified atom stereocenters. The largest absolute Gasteiger partial charge is 0.375 e. The smallest absolute Gasteiger partial charge is 0.255 e. The van der Waals surface area contributed by atoms with Crippen LogP contribution in [0.3, 0.4) is 0 Å². The summed E-state index contributed by atoms with van der Waals surface area (Å²) < 4.78 is 5.74. The number of nitrogens with zero attached hydrogens (tertiary/aromatic N) is 1. The number of morpholine rings is 1. The normalized spacial score (nSPS) is 16.4. The zero-order valence-corrected chi connectivity index (χ0v) is 16.7. The second-order valence-electron chi connectivity index (χ2n) is 6.96. The van der Waals surface area contributed by atoms with E-state index in [1.165, 1.54) is 0 Å². The number of nitrogens with one attached hydrogen (secondary N) is 2. The van der Waals surface area contributed by atoms with E-state index in [4.69, 9.17) is 16.3 Å². The molecule has 2 N–H and O–H groups in total. The number of hydrogen-bond donors (Lipinski definition) is 2. The van der Waals surface area contributed by atoms with Crippen molar-refractivity contribution in [3.05, 3.63) is 83.0 Å². The lowest BCUT2D eigenvalue weighted by molar-refractivity contribution is 0.0292. The first-order valence-corrected chi connectivity index (χ1v) is 10.0. The summed E-state index contributed by atoms with van der Waals surface area (Å²) in [5.41, 5.74) is 3.97. The minimum Gasteiger partial charge on any atom is -0.375 e. The number of aromatic nitrogens is 1. The number of anilines is 1. The Hall–Kier alpha value is -2.73. The van der Waals surface area contributed by atoms with Gasteiger partial charge in [0.1, 0.15) is 0 Å². The number of carbonyl (C=O) groups excluding carboxylic acids is 1. The summed E-state index contributed by atoms with van der Waals surface area (Å²) in [7, 11) is 0. The molecule has 0 radical (unpaired) electrons. The molecule has 3 aromatic rings. The fourth-order valence-electron chi connectivity index (χ4n) is 3.33. The van der Waals surface area contributed by atoms with Gasteiger partial charge in [0.2, 0.25) is 0 Å². The third-order valence-corrected chi connectivity index (χ3v) is 5.18.